The lowest BCUT2D eigenvalue weighted by Gasteiger charge is -2.06. The molecule has 0 rings (SSSR count). The fourth-order valence-corrected chi connectivity index (χ4v) is 2.63. The molecule has 0 aromatic heterocycles. The van der Waals surface area contributed by atoms with Gasteiger partial charge in [0.1, 0.15) is 0 Å². The van der Waals surface area contributed by atoms with Crippen molar-refractivity contribution in [2.45, 2.75) is 58.3 Å². The first-order valence-electron chi connectivity index (χ1n) is 10.8. The Bertz CT molecular complexity index is 671. The van der Waals surface area contributed by atoms with Crippen LogP contribution in [0.25, 0.3) is 0 Å². The smallest absolute Gasteiger partial charge is 0.354 e. The summed E-state index contributed by atoms with van der Waals surface area (Å²) >= 11 is 0. The van der Waals surface area contributed by atoms with Crippen LogP contribution in [0.1, 0.15) is 58.3 Å². The van der Waals surface area contributed by atoms with Gasteiger partial charge >= 0.3 is 7.82 Å². The van der Waals surface area contributed by atoms with Crippen LogP contribution in [0.3, 0.4) is 0 Å². The van der Waals surface area contributed by atoms with Crippen molar-refractivity contribution in [2.24, 2.45) is 0 Å². The highest BCUT2D eigenvalue weighted by Crippen LogP contribution is 2.35. The number of carbonyl (C=O) groups excluding carboxylic acids is 1. The molecule has 0 spiro atoms. The molecule has 0 aliphatic rings. The lowest BCUT2D eigenvalue weighted by atomic mass is 10.2. The maximum absolute atomic E-state index is 11.5. The number of phosphoric acid groups is 1. The molecule has 0 saturated heterocycles. The molecule has 0 aromatic carbocycles. The van der Waals surface area contributed by atoms with Gasteiger partial charge in [-0.05, 0) is 44.9 Å². The Morgan fingerprint density at radius 2 is 1.19 bits per heavy atom. The molecule has 0 atom stereocenters. The Morgan fingerprint density at radius 1 is 0.774 bits per heavy atom. The van der Waals surface area contributed by atoms with Crippen molar-refractivity contribution in [3.63, 3.8) is 0 Å². The summed E-state index contributed by atoms with van der Waals surface area (Å²) in [5.41, 5.74) is 0. The topological polar surface area (TPSA) is 95.9 Å². The molecule has 1 amide bonds. The van der Waals surface area contributed by atoms with Gasteiger partial charge in [0.2, 0.25) is 5.91 Å². The van der Waals surface area contributed by atoms with E-state index in [0.717, 1.165) is 38.5 Å². The molecule has 0 aliphatic heterocycles. The standard InChI is InChI=1S/C24H38NO5P/c1-2-3-4-5-6-7-8-9-10-11-12-13-14-15-16-17-18-19-20-21-24(26)25-22-23-30-31(27,28)29/h3-4,6-7,9-10,12-13,15-16,18-19H,2,5,8,11,14,17,20-23H2,1H3,(H,25,26)(H2,27,28,29)/b4-3-,7-6+,10-9+,13-12+,16-15+,19-18-. The van der Waals surface area contributed by atoms with Crippen LogP contribution in [0.2, 0.25) is 0 Å². The zero-order valence-corrected chi connectivity index (χ0v) is 19.5. The van der Waals surface area contributed by atoms with Crippen LogP contribution in [0.5, 0.6) is 0 Å². The van der Waals surface area contributed by atoms with E-state index in [2.05, 4.69) is 77.5 Å². The molecule has 0 radical (unpaired) electrons. The molecular formula is C24H38NO5P. The van der Waals surface area contributed by atoms with E-state index in [1.54, 1.807) is 0 Å². The molecule has 0 heterocycles. The molecule has 174 valence electrons. The lowest BCUT2D eigenvalue weighted by Crippen LogP contribution is -2.26. The minimum Gasteiger partial charge on any atom is -0.354 e. The van der Waals surface area contributed by atoms with Gasteiger partial charge in [0.05, 0.1) is 6.61 Å². The number of carbonyl (C=O) groups is 1. The highest BCUT2D eigenvalue weighted by atomic mass is 31.2. The summed E-state index contributed by atoms with van der Waals surface area (Å²) < 4.78 is 14.7. The van der Waals surface area contributed by atoms with Gasteiger partial charge in [-0.3, -0.25) is 9.32 Å². The maximum atomic E-state index is 11.5. The quantitative estimate of drug-likeness (QED) is 0.141. The number of allylic oxidation sites excluding steroid dienone is 12. The fraction of sp³-hybridized carbons (Fsp3) is 0.458. The number of amides is 1. The minimum absolute atomic E-state index is 0.0771. The predicted octanol–water partition coefficient (Wildman–Crippen LogP) is 5.69. The van der Waals surface area contributed by atoms with Crippen LogP contribution in [0, 0.1) is 0 Å². The van der Waals surface area contributed by atoms with Crippen molar-refractivity contribution in [1.82, 2.24) is 5.32 Å². The second kappa shape index (κ2) is 21.3. The molecule has 0 fully saturated rings. The van der Waals surface area contributed by atoms with Gasteiger partial charge in [-0.15, -0.1) is 0 Å². The minimum atomic E-state index is -4.46. The van der Waals surface area contributed by atoms with Crippen LogP contribution in [0.15, 0.2) is 72.9 Å². The average Bonchev–Trinajstić information content (AvgIpc) is 2.72. The lowest BCUT2D eigenvalue weighted by molar-refractivity contribution is -0.121. The van der Waals surface area contributed by atoms with Crippen molar-refractivity contribution in [3.8, 4) is 0 Å². The van der Waals surface area contributed by atoms with E-state index in [-0.39, 0.29) is 19.1 Å². The third-order valence-corrected chi connectivity index (χ3v) is 4.34. The molecule has 0 aromatic rings. The largest absolute Gasteiger partial charge is 0.469 e. The molecule has 0 aliphatic carbocycles. The van der Waals surface area contributed by atoms with E-state index >= 15 is 0 Å². The summed E-state index contributed by atoms with van der Waals surface area (Å²) in [5.74, 6) is -0.172. The summed E-state index contributed by atoms with van der Waals surface area (Å²) in [5, 5.41) is 2.54. The van der Waals surface area contributed by atoms with E-state index in [4.69, 9.17) is 9.79 Å². The maximum Gasteiger partial charge on any atom is 0.469 e. The van der Waals surface area contributed by atoms with Gasteiger partial charge < -0.3 is 15.1 Å². The van der Waals surface area contributed by atoms with Crippen molar-refractivity contribution >= 4 is 13.7 Å². The Labute approximate surface area is 187 Å². The van der Waals surface area contributed by atoms with Crippen molar-refractivity contribution in [2.75, 3.05) is 13.2 Å². The summed E-state index contributed by atoms with van der Waals surface area (Å²) in [6.07, 6.45) is 32.3. The van der Waals surface area contributed by atoms with Gasteiger partial charge in [-0.25, -0.2) is 4.57 Å². The number of hydrogen-bond donors (Lipinski definition) is 3. The zero-order valence-electron chi connectivity index (χ0n) is 18.6. The van der Waals surface area contributed by atoms with Crippen LogP contribution in [-0.2, 0) is 13.9 Å². The average molecular weight is 452 g/mol. The number of phosphoric ester groups is 1. The van der Waals surface area contributed by atoms with Gasteiger partial charge in [-0.2, -0.15) is 0 Å². The van der Waals surface area contributed by atoms with Crippen molar-refractivity contribution < 1.29 is 23.7 Å². The Morgan fingerprint density at radius 3 is 1.61 bits per heavy atom. The molecular weight excluding hydrogens is 413 g/mol. The summed E-state index contributed by atoms with van der Waals surface area (Å²) in [7, 11) is -4.46. The molecule has 0 saturated carbocycles. The Balaban J connectivity index is 3.59. The number of nitrogens with one attached hydrogen (secondary N) is 1. The number of rotatable bonds is 18. The first-order valence-corrected chi connectivity index (χ1v) is 12.4. The highest BCUT2D eigenvalue weighted by Gasteiger charge is 2.12. The van der Waals surface area contributed by atoms with E-state index in [1.807, 2.05) is 12.2 Å². The predicted molar refractivity (Wildman–Crippen MR) is 128 cm³/mol. The third kappa shape index (κ3) is 26.0. The van der Waals surface area contributed by atoms with E-state index in [9.17, 15) is 9.36 Å². The van der Waals surface area contributed by atoms with Gasteiger partial charge in [0.25, 0.3) is 0 Å². The van der Waals surface area contributed by atoms with Gasteiger partial charge in [-0.1, -0.05) is 79.8 Å². The van der Waals surface area contributed by atoms with Crippen LogP contribution < -0.4 is 5.32 Å². The second-order valence-corrected chi connectivity index (χ2v) is 7.87. The molecule has 7 heteroatoms. The van der Waals surface area contributed by atoms with Crippen LogP contribution >= 0.6 is 7.82 Å². The summed E-state index contributed by atoms with van der Waals surface area (Å²) in [4.78, 5) is 28.5. The number of hydrogen-bond acceptors (Lipinski definition) is 3. The second-order valence-electron chi connectivity index (χ2n) is 6.63. The normalized spacial score (nSPS) is 13.3. The van der Waals surface area contributed by atoms with Gasteiger partial charge in [0, 0.05) is 13.0 Å². The van der Waals surface area contributed by atoms with Crippen LogP contribution in [-0.4, -0.2) is 28.8 Å². The summed E-state index contributed by atoms with van der Waals surface area (Å²) in [6, 6.07) is 0. The monoisotopic (exact) mass is 451 g/mol. The van der Waals surface area contributed by atoms with Crippen molar-refractivity contribution in [3.05, 3.63) is 72.9 Å². The SMILES string of the molecule is CC/C=C\C/C=C/C/C=C/C/C=C/C/C=C/C/C=C\CCC(=O)NCCOP(=O)(O)O. The first kappa shape index (κ1) is 29.0. The van der Waals surface area contributed by atoms with E-state index in [1.165, 1.54) is 0 Å². The molecule has 31 heavy (non-hydrogen) atoms. The Hall–Kier alpha value is -1.98. The zero-order chi connectivity index (χ0) is 23.0. The molecule has 6 nitrogen and oxygen atoms in total. The van der Waals surface area contributed by atoms with Gasteiger partial charge in [0.15, 0.2) is 0 Å². The molecule has 0 bridgehead atoms. The first-order chi connectivity index (χ1) is 15.0. The summed E-state index contributed by atoms with van der Waals surface area (Å²) in [6.45, 7) is 2.00. The third-order valence-electron chi connectivity index (χ3n) is 3.82. The molecule has 0 unspecified atom stereocenters. The van der Waals surface area contributed by atoms with E-state index < -0.39 is 7.82 Å². The molecule has 3 N–H and O–H groups in total. The highest BCUT2D eigenvalue weighted by molar-refractivity contribution is 7.46. The van der Waals surface area contributed by atoms with Crippen molar-refractivity contribution in [1.29, 1.82) is 0 Å². The fourth-order valence-electron chi connectivity index (χ4n) is 2.30. The van der Waals surface area contributed by atoms with E-state index in [0.29, 0.717) is 12.8 Å². The Kier molecular flexibility index (Phi) is 19.9. The van der Waals surface area contributed by atoms with Crippen LogP contribution in [0.4, 0.5) is 0 Å².